The molecule has 2 N–H and O–H groups in total. The van der Waals surface area contributed by atoms with E-state index in [2.05, 4.69) is 58.2 Å². The smallest absolute Gasteiger partial charge is 0.0446 e. The Morgan fingerprint density at radius 1 is 1.42 bits per heavy atom. The van der Waals surface area contributed by atoms with Crippen molar-refractivity contribution in [1.82, 2.24) is 5.32 Å². The predicted octanol–water partition coefficient (Wildman–Crippen LogP) is 2.55. The van der Waals surface area contributed by atoms with Crippen molar-refractivity contribution in [1.29, 1.82) is 0 Å². The highest BCUT2D eigenvalue weighted by atomic mass is 79.9. The highest BCUT2D eigenvalue weighted by Gasteiger charge is 2.22. The van der Waals surface area contributed by atoms with E-state index < -0.39 is 0 Å². The van der Waals surface area contributed by atoms with Crippen LogP contribution in [-0.2, 0) is 0 Å². The van der Waals surface area contributed by atoms with Crippen LogP contribution in [-0.4, -0.2) is 37.4 Å². The monoisotopic (exact) mass is 326 g/mol. The summed E-state index contributed by atoms with van der Waals surface area (Å²) in [5.74, 6) is 0.617. The van der Waals surface area contributed by atoms with Gasteiger partial charge in [0.25, 0.3) is 0 Å². The molecule has 0 spiro atoms. The van der Waals surface area contributed by atoms with Gasteiger partial charge in [0.2, 0.25) is 0 Å². The number of hydrogen-bond acceptors (Lipinski definition) is 3. The third-order valence-corrected chi connectivity index (χ3v) is 4.20. The number of rotatable bonds is 3. The highest BCUT2D eigenvalue weighted by Crippen LogP contribution is 2.26. The van der Waals surface area contributed by atoms with Crippen LogP contribution in [0, 0.1) is 12.8 Å². The quantitative estimate of drug-likeness (QED) is 0.896. The minimum atomic E-state index is 0.249. The lowest BCUT2D eigenvalue weighted by atomic mass is 10.1. The van der Waals surface area contributed by atoms with Gasteiger partial charge in [-0.15, -0.1) is 0 Å². The topological polar surface area (TPSA) is 35.5 Å². The van der Waals surface area contributed by atoms with Gasteiger partial charge in [-0.2, -0.15) is 0 Å². The zero-order valence-electron chi connectivity index (χ0n) is 11.7. The first-order valence-electron chi connectivity index (χ1n) is 6.95. The molecule has 1 aliphatic heterocycles. The molecule has 1 aromatic carbocycles. The van der Waals surface area contributed by atoms with Gasteiger partial charge in [0.1, 0.15) is 0 Å². The van der Waals surface area contributed by atoms with Gasteiger partial charge in [0.05, 0.1) is 0 Å². The Labute approximate surface area is 124 Å². The van der Waals surface area contributed by atoms with Crippen molar-refractivity contribution in [2.75, 3.05) is 31.1 Å². The Balaban J connectivity index is 2.19. The lowest BCUT2D eigenvalue weighted by molar-refractivity contribution is 0.266. The Bertz CT molecular complexity index is 425. The number of anilines is 1. The van der Waals surface area contributed by atoms with Gasteiger partial charge in [-0.05, 0) is 49.6 Å². The number of hydrogen-bond donors (Lipinski definition) is 2. The van der Waals surface area contributed by atoms with Gasteiger partial charge < -0.3 is 15.3 Å². The van der Waals surface area contributed by atoms with Crippen molar-refractivity contribution < 1.29 is 5.11 Å². The maximum atomic E-state index is 9.16. The molecule has 0 radical (unpaired) electrons. The minimum Gasteiger partial charge on any atom is -0.396 e. The fourth-order valence-corrected chi connectivity index (χ4v) is 3.21. The molecule has 3 nitrogen and oxygen atoms in total. The molecule has 19 heavy (non-hydrogen) atoms. The van der Waals surface area contributed by atoms with E-state index in [4.69, 9.17) is 5.11 Å². The van der Waals surface area contributed by atoms with Crippen LogP contribution in [0.4, 0.5) is 5.69 Å². The lowest BCUT2D eigenvalue weighted by Gasteiger charge is -2.28. The molecule has 0 amide bonds. The van der Waals surface area contributed by atoms with Crippen molar-refractivity contribution in [2.45, 2.75) is 26.3 Å². The summed E-state index contributed by atoms with van der Waals surface area (Å²) >= 11 is 3.52. The van der Waals surface area contributed by atoms with Gasteiger partial charge in [-0.1, -0.05) is 22.9 Å². The van der Waals surface area contributed by atoms with Crippen LogP contribution in [0.3, 0.4) is 0 Å². The van der Waals surface area contributed by atoms with Crippen molar-refractivity contribution in [3.63, 3.8) is 0 Å². The molecule has 106 valence electrons. The number of benzene rings is 1. The van der Waals surface area contributed by atoms with Crippen LogP contribution in [0.5, 0.6) is 0 Å². The average Bonchev–Trinajstić information content (AvgIpc) is 2.52. The van der Waals surface area contributed by atoms with Gasteiger partial charge in [-0.25, -0.2) is 0 Å². The summed E-state index contributed by atoms with van der Waals surface area (Å²) in [7, 11) is 0. The molecule has 2 rings (SSSR count). The van der Waals surface area contributed by atoms with Gasteiger partial charge in [0, 0.05) is 35.9 Å². The van der Waals surface area contributed by atoms with Crippen LogP contribution in [0.15, 0.2) is 22.7 Å². The van der Waals surface area contributed by atoms with Crippen molar-refractivity contribution >= 4 is 21.6 Å². The summed E-state index contributed by atoms with van der Waals surface area (Å²) in [6.07, 6.45) is 0.818. The van der Waals surface area contributed by atoms with Crippen LogP contribution in [0.1, 0.15) is 18.9 Å². The molecule has 0 saturated carbocycles. The fraction of sp³-hybridized carbons (Fsp3) is 0.600. The van der Waals surface area contributed by atoms with Crippen LogP contribution in [0.25, 0.3) is 0 Å². The number of nitrogens with one attached hydrogen (secondary N) is 1. The third kappa shape index (κ3) is 3.94. The molecule has 1 fully saturated rings. The Kier molecular flexibility index (Phi) is 5.25. The molecular weight excluding hydrogens is 304 g/mol. The summed E-state index contributed by atoms with van der Waals surface area (Å²) in [6, 6.07) is 6.83. The minimum absolute atomic E-state index is 0.249. The maximum absolute atomic E-state index is 9.16. The van der Waals surface area contributed by atoms with Crippen LogP contribution < -0.4 is 10.2 Å². The molecule has 4 heteroatoms. The van der Waals surface area contributed by atoms with Crippen molar-refractivity contribution in [3.05, 3.63) is 28.2 Å². The normalized spacial score (nSPS) is 24.3. The molecule has 2 atom stereocenters. The number of nitrogens with zero attached hydrogens (tertiary/aromatic N) is 1. The van der Waals surface area contributed by atoms with E-state index in [-0.39, 0.29) is 6.61 Å². The van der Waals surface area contributed by atoms with E-state index in [9.17, 15) is 0 Å². The van der Waals surface area contributed by atoms with Crippen molar-refractivity contribution in [3.8, 4) is 0 Å². The molecule has 2 unspecified atom stereocenters. The first-order valence-corrected chi connectivity index (χ1v) is 7.74. The summed E-state index contributed by atoms with van der Waals surface area (Å²) in [6.45, 7) is 7.74. The summed E-state index contributed by atoms with van der Waals surface area (Å²) < 4.78 is 1.13. The maximum Gasteiger partial charge on any atom is 0.0446 e. The number of aliphatic hydroxyl groups is 1. The second-order valence-electron chi connectivity index (χ2n) is 5.56. The zero-order chi connectivity index (χ0) is 13.8. The molecule has 0 bridgehead atoms. The average molecular weight is 327 g/mol. The largest absolute Gasteiger partial charge is 0.396 e. The second kappa shape index (κ2) is 6.73. The van der Waals surface area contributed by atoms with E-state index in [1.807, 2.05) is 0 Å². The Morgan fingerprint density at radius 3 is 2.89 bits per heavy atom. The standard InChI is InChI=1S/C15H23BrN2O/c1-11-8-17-14(5-6-19)10-18(9-11)15-4-3-13(16)7-12(15)2/h3-4,7,11,14,17,19H,5-6,8-10H2,1-2H3. The lowest BCUT2D eigenvalue weighted by Crippen LogP contribution is -2.38. The second-order valence-corrected chi connectivity index (χ2v) is 6.47. The predicted molar refractivity (Wildman–Crippen MR) is 83.7 cm³/mol. The van der Waals surface area contributed by atoms with E-state index in [0.717, 1.165) is 30.5 Å². The summed E-state index contributed by atoms with van der Waals surface area (Å²) in [5.41, 5.74) is 2.60. The van der Waals surface area contributed by atoms with Crippen LogP contribution in [0.2, 0.25) is 0 Å². The Hall–Kier alpha value is -0.580. The molecule has 1 aliphatic rings. The van der Waals surface area contributed by atoms with E-state index in [1.165, 1.54) is 11.3 Å². The summed E-state index contributed by atoms with van der Waals surface area (Å²) in [4.78, 5) is 2.45. The van der Waals surface area contributed by atoms with E-state index in [0.29, 0.717) is 12.0 Å². The van der Waals surface area contributed by atoms with Gasteiger partial charge >= 0.3 is 0 Å². The molecule has 0 aromatic heterocycles. The SMILES string of the molecule is Cc1cc(Br)ccc1N1CC(C)CNC(CCO)C1. The number of aryl methyl sites for hydroxylation is 1. The molecule has 0 aliphatic carbocycles. The molecular formula is C15H23BrN2O. The van der Waals surface area contributed by atoms with E-state index >= 15 is 0 Å². The molecule has 1 heterocycles. The van der Waals surface area contributed by atoms with Gasteiger partial charge in [-0.3, -0.25) is 0 Å². The third-order valence-electron chi connectivity index (χ3n) is 3.70. The van der Waals surface area contributed by atoms with E-state index in [1.54, 1.807) is 0 Å². The van der Waals surface area contributed by atoms with Crippen LogP contribution >= 0.6 is 15.9 Å². The molecule has 1 saturated heterocycles. The number of aliphatic hydroxyl groups excluding tert-OH is 1. The fourth-order valence-electron chi connectivity index (χ4n) is 2.73. The molecule has 1 aromatic rings. The zero-order valence-corrected chi connectivity index (χ0v) is 13.3. The highest BCUT2D eigenvalue weighted by molar-refractivity contribution is 9.10. The Morgan fingerprint density at radius 2 is 2.21 bits per heavy atom. The first kappa shape index (κ1) is 14.8. The first-order chi connectivity index (χ1) is 9.10. The number of halogens is 1. The van der Waals surface area contributed by atoms with Gasteiger partial charge in [0.15, 0.2) is 0 Å². The van der Waals surface area contributed by atoms with Crippen molar-refractivity contribution in [2.24, 2.45) is 5.92 Å². The summed E-state index contributed by atoms with van der Waals surface area (Å²) in [5, 5.41) is 12.7.